The minimum absolute atomic E-state index is 0.0518. The Labute approximate surface area is 164 Å². The molecule has 0 heterocycles. The molecule has 152 valence electrons. The van der Waals surface area contributed by atoms with E-state index in [0.29, 0.717) is 6.61 Å². The van der Waals surface area contributed by atoms with Gasteiger partial charge in [-0.05, 0) is 46.3 Å². The lowest BCUT2D eigenvalue weighted by molar-refractivity contribution is -0.0715. The van der Waals surface area contributed by atoms with E-state index in [0.717, 1.165) is 5.56 Å². The van der Waals surface area contributed by atoms with Gasteiger partial charge >= 0.3 is 6.09 Å². The summed E-state index contributed by atoms with van der Waals surface area (Å²) in [5.74, 6) is 0. The number of hydrogen-bond donors (Lipinski definition) is 1. The summed E-state index contributed by atoms with van der Waals surface area (Å²) in [6.45, 7) is 13.8. The number of benzene rings is 1. The van der Waals surface area contributed by atoms with E-state index in [2.05, 4.69) is 0 Å². The van der Waals surface area contributed by atoms with Crippen LogP contribution >= 0.6 is 0 Å². The van der Waals surface area contributed by atoms with Crippen LogP contribution in [0.3, 0.4) is 0 Å². The Morgan fingerprint density at radius 1 is 1.11 bits per heavy atom. The molecular formula is C22H35NO4. The van der Waals surface area contributed by atoms with Gasteiger partial charge in [0.25, 0.3) is 0 Å². The first kappa shape index (κ1) is 23.2. The van der Waals surface area contributed by atoms with Crippen LogP contribution in [0, 0.1) is 5.41 Å². The van der Waals surface area contributed by atoms with Gasteiger partial charge in [0.2, 0.25) is 0 Å². The molecule has 0 saturated carbocycles. The maximum Gasteiger partial charge on any atom is 0.415 e. The van der Waals surface area contributed by atoms with Crippen molar-refractivity contribution in [1.29, 1.82) is 0 Å². The van der Waals surface area contributed by atoms with Crippen molar-refractivity contribution in [2.24, 2.45) is 5.41 Å². The van der Waals surface area contributed by atoms with Gasteiger partial charge in [0, 0.05) is 17.5 Å². The molecule has 1 rings (SSSR count). The Bertz CT molecular complexity index is 588. The van der Waals surface area contributed by atoms with E-state index in [4.69, 9.17) is 9.47 Å². The Morgan fingerprint density at radius 2 is 1.67 bits per heavy atom. The fourth-order valence-electron chi connectivity index (χ4n) is 2.94. The van der Waals surface area contributed by atoms with E-state index in [-0.39, 0.29) is 18.2 Å². The standard InChI is InChI=1S/C22H35NO4/c1-16(2)23(17(3)4)21(25)26-14-13-22(6,7)20(24)18(5)27-15-19-11-9-8-10-12-19/h8-14,16-18,20,24H,15H2,1-7H3/b14-13-/t18-,20+/m0/s1. The topological polar surface area (TPSA) is 59.0 Å². The number of aliphatic hydroxyl groups excluding tert-OH is 1. The van der Waals surface area contributed by atoms with Crippen LogP contribution in [0.4, 0.5) is 4.79 Å². The predicted octanol–water partition coefficient (Wildman–Crippen LogP) is 4.75. The van der Waals surface area contributed by atoms with Crippen LogP contribution in [-0.4, -0.2) is 40.4 Å². The average molecular weight is 378 g/mol. The third kappa shape index (κ3) is 7.35. The van der Waals surface area contributed by atoms with E-state index in [9.17, 15) is 9.90 Å². The van der Waals surface area contributed by atoms with Crippen molar-refractivity contribution in [1.82, 2.24) is 4.90 Å². The van der Waals surface area contributed by atoms with E-state index in [1.165, 1.54) is 6.26 Å². The number of amides is 1. The van der Waals surface area contributed by atoms with Gasteiger partial charge in [-0.25, -0.2) is 4.79 Å². The molecule has 1 aromatic rings. The minimum atomic E-state index is -0.748. The third-order valence-corrected chi connectivity index (χ3v) is 4.55. The molecule has 0 fully saturated rings. The highest BCUT2D eigenvalue weighted by Gasteiger charge is 2.31. The molecule has 0 saturated heterocycles. The van der Waals surface area contributed by atoms with Crippen molar-refractivity contribution >= 4 is 6.09 Å². The average Bonchev–Trinajstić information content (AvgIpc) is 2.59. The van der Waals surface area contributed by atoms with E-state index in [1.807, 2.05) is 78.8 Å². The third-order valence-electron chi connectivity index (χ3n) is 4.55. The molecule has 1 amide bonds. The molecule has 0 aliphatic heterocycles. The Morgan fingerprint density at radius 3 is 2.19 bits per heavy atom. The van der Waals surface area contributed by atoms with Crippen molar-refractivity contribution in [3.63, 3.8) is 0 Å². The summed E-state index contributed by atoms with van der Waals surface area (Å²) in [6.07, 6.45) is 1.56. The number of carbonyl (C=O) groups is 1. The second-order valence-electron chi connectivity index (χ2n) is 8.05. The van der Waals surface area contributed by atoms with Crippen molar-refractivity contribution in [3.8, 4) is 0 Å². The molecular weight excluding hydrogens is 342 g/mol. The van der Waals surface area contributed by atoms with Gasteiger partial charge < -0.3 is 19.5 Å². The second kappa shape index (κ2) is 10.5. The van der Waals surface area contributed by atoms with Crippen LogP contribution in [0.25, 0.3) is 0 Å². The summed E-state index contributed by atoms with van der Waals surface area (Å²) in [7, 11) is 0. The fraction of sp³-hybridized carbons (Fsp3) is 0.591. The van der Waals surface area contributed by atoms with Gasteiger partial charge in [-0.1, -0.05) is 44.2 Å². The summed E-state index contributed by atoms with van der Waals surface area (Å²) >= 11 is 0. The molecule has 5 heteroatoms. The van der Waals surface area contributed by atoms with Gasteiger partial charge in [0.15, 0.2) is 0 Å². The van der Waals surface area contributed by atoms with Crippen LogP contribution < -0.4 is 0 Å². The molecule has 2 atom stereocenters. The maximum atomic E-state index is 12.2. The molecule has 1 aromatic carbocycles. The SMILES string of the molecule is CC(C)N(C(=O)O/C=C\C(C)(C)[C@H](O)[C@H](C)OCc1ccccc1)C(C)C. The first-order valence-corrected chi connectivity index (χ1v) is 9.56. The van der Waals surface area contributed by atoms with Crippen LogP contribution in [0.1, 0.15) is 54.0 Å². The summed E-state index contributed by atoms with van der Waals surface area (Å²) in [6, 6.07) is 9.94. The molecule has 0 aromatic heterocycles. The van der Waals surface area contributed by atoms with Gasteiger partial charge in [-0.2, -0.15) is 0 Å². The minimum Gasteiger partial charge on any atom is -0.418 e. The molecule has 0 aliphatic rings. The van der Waals surface area contributed by atoms with Gasteiger partial charge in [-0.3, -0.25) is 0 Å². The smallest absolute Gasteiger partial charge is 0.415 e. The summed E-state index contributed by atoms with van der Waals surface area (Å²) in [5, 5.41) is 10.6. The fourth-order valence-corrected chi connectivity index (χ4v) is 2.94. The number of hydrogen-bond acceptors (Lipinski definition) is 4. The van der Waals surface area contributed by atoms with Crippen LogP contribution in [-0.2, 0) is 16.1 Å². The number of ether oxygens (including phenoxy) is 2. The first-order chi connectivity index (χ1) is 12.6. The molecule has 1 N–H and O–H groups in total. The molecule has 0 aliphatic carbocycles. The van der Waals surface area contributed by atoms with Crippen molar-refractivity contribution < 1.29 is 19.4 Å². The normalized spacial score (nSPS) is 14.6. The van der Waals surface area contributed by atoms with Gasteiger partial charge in [0.05, 0.1) is 25.1 Å². The number of rotatable bonds is 9. The summed E-state index contributed by atoms with van der Waals surface area (Å²) < 4.78 is 11.1. The zero-order valence-corrected chi connectivity index (χ0v) is 17.7. The number of carbonyl (C=O) groups excluding carboxylic acids is 1. The van der Waals surface area contributed by atoms with Crippen LogP contribution in [0.2, 0.25) is 0 Å². The van der Waals surface area contributed by atoms with E-state index >= 15 is 0 Å². The maximum absolute atomic E-state index is 12.2. The number of nitrogens with zero attached hydrogens (tertiary/aromatic N) is 1. The molecule has 5 nitrogen and oxygen atoms in total. The largest absolute Gasteiger partial charge is 0.418 e. The van der Waals surface area contributed by atoms with Crippen LogP contribution in [0.15, 0.2) is 42.7 Å². The Hall–Kier alpha value is -1.85. The van der Waals surface area contributed by atoms with Crippen molar-refractivity contribution in [2.45, 2.75) is 79.4 Å². The van der Waals surface area contributed by atoms with Gasteiger partial charge in [-0.15, -0.1) is 0 Å². The highest BCUT2D eigenvalue weighted by Crippen LogP contribution is 2.27. The molecule has 27 heavy (non-hydrogen) atoms. The highest BCUT2D eigenvalue weighted by molar-refractivity contribution is 5.69. The zero-order chi connectivity index (χ0) is 20.6. The number of aliphatic hydroxyl groups is 1. The summed E-state index contributed by atoms with van der Waals surface area (Å²) in [4.78, 5) is 13.9. The lowest BCUT2D eigenvalue weighted by Gasteiger charge is -2.32. The lowest BCUT2D eigenvalue weighted by Crippen LogP contribution is -2.42. The first-order valence-electron chi connectivity index (χ1n) is 9.56. The molecule has 0 spiro atoms. The van der Waals surface area contributed by atoms with E-state index < -0.39 is 17.6 Å². The van der Waals surface area contributed by atoms with E-state index in [1.54, 1.807) is 11.0 Å². The Balaban J connectivity index is 2.61. The van der Waals surface area contributed by atoms with Crippen LogP contribution in [0.5, 0.6) is 0 Å². The zero-order valence-electron chi connectivity index (χ0n) is 17.7. The molecule has 0 bridgehead atoms. The lowest BCUT2D eigenvalue weighted by atomic mass is 9.84. The summed E-state index contributed by atoms with van der Waals surface area (Å²) in [5.41, 5.74) is 0.443. The second-order valence-corrected chi connectivity index (χ2v) is 8.05. The quantitative estimate of drug-likeness (QED) is 0.631. The van der Waals surface area contributed by atoms with Gasteiger partial charge in [0.1, 0.15) is 0 Å². The Kier molecular flexibility index (Phi) is 9.00. The predicted molar refractivity (Wildman–Crippen MR) is 108 cm³/mol. The molecule has 0 radical (unpaired) electrons. The monoisotopic (exact) mass is 377 g/mol. The highest BCUT2D eigenvalue weighted by atomic mass is 16.5. The molecule has 0 unspecified atom stereocenters. The van der Waals surface area contributed by atoms with Crippen molar-refractivity contribution in [3.05, 3.63) is 48.2 Å². The van der Waals surface area contributed by atoms with Crippen molar-refractivity contribution in [2.75, 3.05) is 0 Å².